The van der Waals surface area contributed by atoms with Gasteiger partial charge < -0.3 is 0 Å². The zero-order valence-electron chi connectivity index (χ0n) is 16.8. The van der Waals surface area contributed by atoms with Gasteiger partial charge in [-0.2, -0.15) is 0 Å². The van der Waals surface area contributed by atoms with Gasteiger partial charge in [-0.15, -0.1) is 23.7 Å². The van der Waals surface area contributed by atoms with Gasteiger partial charge in [0.05, 0.1) is 5.69 Å². The van der Waals surface area contributed by atoms with Crippen LogP contribution in [0.5, 0.6) is 0 Å². The van der Waals surface area contributed by atoms with Crippen molar-refractivity contribution in [1.82, 2.24) is 9.88 Å². The molecule has 156 valence electrons. The molecule has 2 heterocycles. The second-order valence-corrected chi connectivity index (χ2v) is 8.23. The fourth-order valence-electron chi connectivity index (χ4n) is 3.51. The topological polar surface area (TPSA) is 62.3 Å². The van der Waals surface area contributed by atoms with Crippen LogP contribution in [0.15, 0.2) is 54.6 Å². The second kappa shape index (κ2) is 9.98. The number of nitrogens with one attached hydrogen (secondary N) is 1. The van der Waals surface area contributed by atoms with E-state index in [1.165, 1.54) is 4.88 Å². The molecule has 0 unspecified atom stereocenters. The van der Waals surface area contributed by atoms with Crippen LogP contribution in [0, 0.1) is 0 Å². The minimum absolute atomic E-state index is 0. The van der Waals surface area contributed by atoms with Crippen molar-refractivity contribution in [2.24, 2.45) is 0 Å². The van der Waals surface area contributed by atoms with E-state index in [0.717, 1.165) is 38.2 Å². The minimum Gasteiger partial charge on any atom is -0.298 e. The van der Waals surface area contributed by atoms with Crippen LogP contribution in [0.4, 0.5) is 5.13 Å². The lowest BCUT2D eigenvalue weighted by molar-refractivity contribution is 0.102. The first kappa shape index (κ1) is 22.2. The van der Waals surface area contributed by atoms with Gasteiger partial charge in [0.1, 0.15) is 0 Å². The van der Waals surface area contributed by atoms with Gasteiger partial charge in [-0.3, -0.25) is 19.8 Å². The molecule has 0 atom stereocenters. The van der Waals surface area contributed by atoms with Crippen LogP contribution >= 0.6 is 23.7 Å². The van der Waals surface area contributed by atoms with Crippen molar-refractivity contribution in [3.63, 3.8) is 0 Å². The highest BCUT2D eigenvalue weighted by Crippen LogP contribution is 2.28. The number of thiazole rings is 1. The van der Waals surface area contributed by atoms with Gasteiger partial charge in [-0.1, -0.05) is 49.4 Å². The predicted molar refractivity (Wildman–Crippen MR) is 123 cm³/mol. The zero-order valence-corrected chi connectivity index (χ0v) is 18.4. The van der Waals surface area contributed by atoms with Crippen molar-refractivity contribution >= 4 is 40.6 Å². The minimum atomic E-state index is -0.208. The Morgan fingerprint density at radius 1 is 1.03 bits per heavy atom. The molecule has 7 heteroatoms. The molecule has 1 N–H and O–H groups in total. The lowest BCUT2D eigenvalue weighted by Crippen LogP contribution is -2.30. The number of hydrogen-bond donors (Lipinski definition) is 1. The van der Waals surface area contributed by atoms with E-state index in [0.29, 0.717) is 21.8 Å². The van der Waals surface area contributed by atoms with Gasteiger partial charge in [-0.25, -0.2) is 4.98 Å². The van der Waals surface area contributed by atoms with Crippen LogP contribution < -0.4 is 5.32 Å². The van der Waals surface area contributed by atoms with Gasteiger partial charge >= 0.3 is 0 Å². The lowest BCUT2D eigenvalue weighted by atomic mass is 10.0. The van der Waals surface area contributed by atoms with E-state index >= 15 is 0 Å². The number of amides is 1. The van der Waals surface area contributed by atoms with Gasteiger partial charge in [-0.05, 0) is 25.1 Å². The fourth-order valence-corrected chi connectivity index (χ4v) is 4.55. The molecule has 0 bridgehead atoms. The first-order chi connectivity index (χ1) is 14.1. The van der Waals surface area contributed by atoms with Crippen molar-refractivity contribution in [3.8, 4) is 0 Å². The number of carbonyl (C=O) groups excluding carboxylic acids is 2. The van der Waals surface area contributed by atoms with E-state index in [4.69, 9.17) is 0 Å². The number of anilines is 1. The first-order valence-electron chi connectivity index (χ1n) is 9.86. The summed E-state index contributed by atoms with van der Waals surface area (Å²) in [5.41, 5.74) is 2.81. The summed E-state index contributed by atoms with van der Waals surface area (Å²) in [7, 11) is 0. The average Bonchev–Trinajstić information content (AvgIpc) is 3.15. The summed E-state index contributed by atoms with van der Waals surface area (Å²) in [6, 6.07) is 15.9. The van der Waals surface area contributed by atoms with E-state index in [1.54, 1.807) is 47.7 Å². The molecule has 30 heavy (non-hydrogen) atoms. The molecule has 1 aliphatic rings. The lowest BCUT2D eigenvalue weighted by Gasteiger charge is -2.24. The number of carbonyl (C=O) groups is 2. The summed E-state index contributed by atoms with van der Waals surface area (Å²) in [6.45, 7) is 5.21. The third-order valence-electron chi connectivity index (χ3n) is 5.02. The maximum atomic E-state index is 12.6. The fraction of sp³-hybridized carbons (Fsp3) is 0.261. The number of nitrogens with zero attached hydrogens (tertiary/aromatic N) is 2. The Morgan fingerprint density at radius 2 is 1.70 bits per heavy atom. The molecule has 1 amide bonds. The van der Waals surface area contributed by atoms with E-state index in [9.17, 15) is 9.59 Å². The molecule has 0 saturated heterocycles. The van der Waals surface area contributed by atoms with Crippen molar-refractivity contribution in [3.05, 3.63) is 81.9 Å². The molecule has 3 aromatic rings. The van der Waals surface area contributed by atoms with Crippen molar-refractivity contribution in [2.75, 3.05) is 18.4 Å². The number of aromatic nitrogens is 1. The molecule has 1 aliphatic heterocycles. The van der Waals surface area contributed by atoms with Crippen LogP contribution in [0.2, 0.25) is 0 Å². The summed E-state index contributed by atoms with van der Waals surface area (Å²) in [5, 5.41) is 3.55. The highest BCUT2D eigenvalue weighted by Gasteiger charge is 2.21. The standard InChI is InChI=1S/C23H23N3O2S.ClH/c1-2-13-26-14-12-19-20(15-26)29-23(24-19)25-22(28)18-10-8-17(9-11-18)21(27)16-6-4-3-5-7-16;/h3-11H,2,12-15H2,1H3,(H,24,25,28);1H. The van der Waals surface area contributed by atoms with Crippen molar-refractivity contribution in [1.29, 1.82) is 0 Å². The Kier molecular flexibility index (Phi) is 7.37. The summed E-state index contributed by atoms with van der Waals surface area (Å²) < 4.78 is 0. The highest BCUT2D eigenvalue weighted by molar-refractivity contribution is 7.15. The highest BCUT2D eigenvalue weighted by atomic mass is 35.5. The number of rotatable bonds is 6. The predicted octanol–water partition coefficient (Wildman–Crippen LogP) is 4.82. The Morgan fingerprint density at radius 3 is 2.40 bits per heavy atom. The Labute approximate surface area is 186 Å². The number of fused-ring (bicyclic) bond motifs is 1. The largest absolute Gasteiger partial charge is 0.298 e. The molecular weight excluding hydrogens is 418 g/mol. The summed E-state index contributed by atoms with van der Waals surface area (Å²) >= 11 is 1.55. The molecule has 0 aliphatic carbocycles. The normalized spacial score (nSPS) is 13.2. The molecule has 0 radical (unpaired) electrons. The van der Waals surface area contributed by atoms with Crippen LogP contribution in [0.3, 0.4) is 0 Å². The van der Waals surface area contributed by atoms with E-state index < -0.39 is 0 Å². The molecule has 2 aromatic carbocycles. The van der Waals surface area contributed by atoms with E-state index in [-0.39, 0.29) is 24.1 Å². The SMILES string of the molecule is CCCN1CCc2nc(NC(=O)c3ccc(C(=O)c4ccccc4)cc3)sc2C1.Cl. The first-order valence-corrected chi connectivity index (χ1v) is 10.7. The Bertz CT molecular complexity index is 1020. The number of hydrogen-bond acceptors (Lipinski definition) is 5. The van der Waals surface area contributed by atoms with Crippen LogP contribution in [-0.4, -0.2) is 34.7 Å². The van der Waals surface area contributed by atoms with Gasteiger partial charge in [0, 0.05) is 41.1 Å². The van der Waals surface area contributed by atoms with Gasteiger partial charge in [0.2, 0.25) is 0 Å². The molecule has 1 aromatic heterocycles. The van der Waals surface area contributed by atoms with Gasteiger partial charge in [0.25, 0.3) is 5.91 Å². The average molecular weight is 442 g/mol. The molecular formula is C23H24ClN3O2S. The van der Waals surface area contributed by atoms with E-state index in [2.05, 4.69) is 22.1 Å². The molecule has 5 nitrogen and oxygen atoms in total. The smallest absolute Gasteiger partial charge is 0.257 e. The monoisotopic (exact) mass is 441 g/mol. The second-order valence-electron chi connectivity index (χ2n) is 7.14. The van der Waals surface area contributed by atoms with Gasteiger partial charge in [0.15, 0.2) is 10.9 Å². The quantitative estimate of drug-likeness (QED) is 0.557. The third kappa shape index (κ3) is 4.95. The van der Waals surface area contributed by atoms with Crippen LogP contribution in [0.1, 0.15) is 50.2 Å². The summed E-state index contributed by atoms with van der Waals surface area (Å²) in [6.07, 6.45) is 2.07. The molecule has 4 rings (SSSR count). The molecule has 0 spiro atoms. The molecule has 0 saturated carbocycles. The maximum absolute atomic E-state index is 12.6. The third-order valence-corrected chi connectivity index (χ3v) is 6.01. The Balaban J connectivity index is 0.00000256. The van der Waals surface area contributed by atoms with E-state index in [1.807, 2.05) is 18.2 Å². The van der Waals surface area contributed by atoms with Crippen LogP contribution in [0.25, 0.3) is 0 Å². The van der Waals surface area contributed by atoms with Crippen LogP contribution in [-0.2, 0) is 13.0 Å². The number of ketones is 1. The summed E-state index contributed by atoms with van der Waals surface area (Å²) in [5.74, 6) is -0.262. The molecule has 0 fully saturated rings. The van der Waals surface area contributed by atoms with Crippen molar-refractivity contribution < 1.29 is 9.59 Å². The Hall–Kier alpha value is -2.54. The maximum Gasteiger partial charge on any atom is 0.257 e. The number of benzene rings is 2. The zero-order chi connectivity index (χ0) is 20.2. The van der Waals surface area contributed by atoms with Crippen molar-refractivity contribution in [2.45, 2.75) is 26.3 Å². The number of halogens is 1. The summed E-state index contributed by atoms with van der Waals surface area (Å²) in [4.78, 5) is 33.4.